The highest BCUT2D eigenvalue weighted by Gasteiger charge is 2.19. The SMILES string of the molecule is CC(C)(C)NCC1CCC(N)CC1. The molecular weight excluding hydrogens is 160 g/mol. The highest BCUT2D eigenvalue weighted by Crippen LogP contribution is 2.22. The Morgan fingerprint density at radius 1 is 1.15 bits per heavy atom. The topological polar surface area (TPSA) is 38.0 Å². The van der Waals surface area contributed by atoms with Gasteiger partial charge in [0.1, 0.15) is 0 Å². The third-order valence-electron chi connectivity index (χ3n) is 2.81. The van der Waals surface area contributed by atoms with Crippen LogP contribution in [0.4, 0.5) is 0 Å². The van der Waals surface area contributed by atoms with Crippen molar-refractivity contribution in [3.8, 4) is 0 Å². The van der Waals surface area contributed by atoms with Crippen LogP contribution < -0.4 is 11.1 Å². The second-order valence-electron chi connectivity index (χ2n) is 5.41. The Morgan fingerprint density at radius 3 is 2.15 bits per heavy atom. The van der Waals surface area contributed by atoms with E-state index in [0.29, 0.717) is 6.04 Å². The normalized spacial score (nSPS) is 30.5. The van der Waals surface area contributed by atoms with Gasteiger partial charge in [0.05, 0.1) is 0 Å². The van der Waals surface area contributed by atoms with Gasteiger partial charge in [-0.1, -0.05) is 0 Å². The lowest BCUT2D eigenvalue weighted by molar-refractivity contribution is 0.286. The standard InChI is InChI=1S/C11H24N2/c1-11(2,3)13-8-9-4-6-10(12)7-5-9/h9-10,13H,4-8,12H2,1-3H3. The van der Waals surface area contributed by atoms with Gasteiger partial charge in [-0.15, -0.1) is 0 Å². The molecule has 0 heterocycles. The van der Waals surface area contributed by atoms with Gasteiger partial charge in [0.15, 0.2) is 0 Å². The lowest BCUT2D eigenvalue weighted by Crippen LogP contribution is -2.40. The molecule has 2 nitrogen and oxygen atoms in total. The van der Waals surface area contributed by atoms with Crippen molar-refractivity contribution in [1.82, 2.24) is 5.32 Å². The second kappa shape index (κ2) is 4.43. The highest BCUT2D eigenvalue weighted by molar-refractivity contribution is 4.78. The molecule has 0 amide bonds. The van der Waals surface area contributed by atoms with Crippen molar-refractivity contribution in [2.24, 2.45) is 11.7 Å². The summed E-state index contributed by atoms with van der Waals surface area (Å²) < 4.78 is 0. The molecule has 1 aliphatic carbocycles. The maximum absolute atomic E-state index is 5.86. The van der Waals surface area contributed by atoms with Gasteiger partial charge in [0, 0.05) is 11.6 Å². The number of rotatable bonds is 2. The van der Waals surface area contributed by atoms with E-state index < -0.39 is 0 Å². The molecule has 0 radical (unpaired) electrons. The monoisotopic (exact) mass is 184 g/mol. The summed E-state index contributed by atoms with van der Waals surface area (Å²) in [6, 6.07) is 0.478. The maximum Gasteiger partial charge on any atom is 0.00966 e. The fourth-order valence-electron chi connectivity index (χ4n) is 1.84. The van der Waals surface area contributed by atoms with Crippen LogP contribution >= 0.6 is 0 Å². The minimum atomic E-state index is 0.263. The van der Waals surface area contributed by atoms with Crippen LogP contribution in [0.2, 0.25) is 0 Å². The van der Waals surface area contributed by atoms with E-state index in [4.69, 9.17) is 5.73 Å². The molecule has 13 heavy (non-hydrogen) atoms. The Balaban J connectivity index is 2.16. The predicted molar refractivity (Wildman–Crippen MR) is 57.7 cm³/mol. The van der Waals surface area contributed by atoms with Crippen LogP contribution in [0.3, 0.4) is 0 Å². The molecule has 0 spiro atoms. The molecule has 0 unspecified atom stereocenters. The van der Waals surface area contributed by atoms with Gasteiger partial charge in [0.25, 0.3) is 0 Å². The van der Waals surface area contributed by atoms with Crippen LogP contribution in [0.5, 0.6) is 0 Å². The number of nitrogens with two attached hydrogens (primary N) is 1. The Morgan fingerprint density at radius 2 is 1.69 bits per heavy atom. The van der Waals surface area contributed by atoms with E-state index in [9.17, 15) is 0 Å². The summed E-state index contributed by atoms with van der Waals surface area (Å²) >= 11 is 0. The molecule has 2 heteroatoms. The first-order chi connectivity index (χ1) is 5.97. The second-order valence-corrected chi connectivity index (χ2v) is 5.41. The zero-order valence-electron chi connectivity index (χ0n) is 9.27. The van der Waals surface area contributed by atoms with Crippen LogP contribution in [0.25, 0.3) is 0 Å². The van der Waals surface area contributed by atoms with Gasteiger partial charge in [-0.25, -0.2) is 0 Å². The minimum Gasteiger partial charge on any atom is -0.328 e. The molecule has 0 atom stereocenters. The smallest absolute Gasteiger partial charge is 0.00966 e. The predicted octanol–water partition coefficient (Wildman–Crippen LogP) is 1.89. The van der Waals surface area contributed by atoms with E-state index in [1.54, 1.807) is 0 Å². The van der Waals surface area contributed by atoms with Gasteiger partial charge in [0.2, 0.25) is 0 Å². The average molecular weight is 184 g/mol. The van der Waals surface area contributed by atoms with E-state index in [1.165, 1.54) is 25.7 Å². The molecule has 1 saturated carbocycles. The van der Waals surface area contributed by atoms with Gasteiger partial charge in [-0.05, 0) is 58.9 Å². The van der Waals surface area contributed by atoms with Crippen LogP contribution in [0.1, 0.15) is 46.5 Å². The van der Waals surface area contributed by atoms with Crippen LogP contribution in [0.15, 0.2) is 0 Å². The Labute approximate surface area is 82.3 Å². The van der Waals surface area contributed by atoms with Crippen molar-refractivity contribution >= 4 is 0 Å². The van der Waals surface area contributed by atoms with Crippen molar-refractivity contribution in [2.45, 2.75) is 58.0 Å². The van der Waals surface area contributed by atoms with E-state index in [2.05, 4.69) is 26.1 Å². The Kier molecular flexibility index (Phi) is 3.74. The van der Waals surface area contributed by atoms with Crippen molar-refractivity contribution in [2.75, 3.05) is 6.54 Å². The zero-order chi connectivity index (χ0) is 9.90. The van der Waals surface area contributed by atoms with Gasteiger partial charge < -0.3 is 11.1 Å². The van der Waals surface area contributed by atoms with Crippen molar-refractivity contribution in [3.05, 3.63) is 0 Å². The summed E-state index contributed by atoms with van der Waals surface area (Å²) in [5.74, 6) is 0.860. The molecular formula is C11H24N2. The molecule has 3 N–H and O–H groups in total. The van der Waals surface area contributed by atoms with Crippen LogP contribution in [0, 0.1) is 5.92 Å². The fraction of sp³-hybridized carbons (Fsp3) is 1.00. The summed E-state index contributed by atoms with van der Waals surface area (Å²) in [7, 11) is 0. The molecule has 0 bridgehead atoms. The number of hydrogen-bond acceptors (Lipinski definition) is 2. The fourth-order valence-corrected chi connectivity index (χ4v) is 1.84. The molecule has 0 saturated heterocycles. The van der Waals surface area contributed by atoms with Gasteiger partial charge in [-0.3, -0.25) is 0 Å². The molecule has 1 aliphatic rings. The largest absolute Gasteiger partial charge is 0.328 e. The number of hydrogen-bond donors (Lipinski definition) is 2. The van der Waals surface area contributed by atoms with Crippen molar-refractivity contribution < 1.29 is 0 Å². The molecule has 1 rings (SSSR count). The first kappa shape index (κ1) is 11.0. The van der Waals surface area contributed by atoms with Crippen LogP contribution in [-0.2, 0) is 0 Å². The lowest BCUT2D eigenvalue weighted by Gasteiger charge is -2.29. The molecule has 0 aromatic heterocycles. The Bertz CT molecular complexity index is 141. The molecule has 0 aromatic carbocycles. The lowest BCUT2D eigenvalue weighted by atomic mass is 9.86. The quantitative estimate of drug-likeness (QED) is 0.688. The first-order valence-electron chi connectivity index (χ1n) is 5.48. The van der Waals surface area contributed by atoms with Crippen molar-refractivity contribution in [1.29, 1.82) is 0 Å². The Hall–Kier alpha value is -0.0800. The summed E-state index contributed by atoms with van der Waals surface area (Å²) in [4.78, 5) is 0. The van der Waals surface area contributed by atoms with Gasteiger partial charge >= 0.3 is 0 Å². The van der Waals surface area contributed by atoms with E-state index in [0.717, 1.165) is 12.5 Å². The highest BCUT2D eigenvalue weighted by atomic mass is 14.9. The van der Waals surface area contributed by atoms with Crippen molar-refractivity contribution in [3.63, 3.8) is 0 Å². The summed E-state index contributed by atoms with van der Waals surface area (Å²) in [6.45, 7) is 7.83. The summed E-state index contributed by atoms with van der Waals surface area (Å²) in [5, 5.41) is 3.57. The molecule has 0 aliphatic heterocycles. The van der Waals surface area contributed by atoms with Crippen LogP contribution in [-0.4, -0.2) is 18.1 Å². The van der Waals surface area contributed by atoms with E-state index >= 15 is 0 Å². The average Bonchev–Trinajstić information content (AvgIpc) is 2.02. The summed E-state index contributed by atoms with van der Waals surface area (Å²) in [6.07, 6.45) is 5.06. The van der Waals surface area contributed by atoms with Gasteiger partial charge in [-0.2, -0.15) is 0 Å². The maximum atomic E-state index is 5.86. The minimum absolute atomic E-state index is 0.263. The van der Waals surface area contributed by atoms with E-state index in [1.807, 2.05) is 0 Å². The molecule has 0 aromatic rings. The molecule has 1 fully saturated rings. The molecule has 78 valence electrons. The third kappa shape index (κ3) is 4.63. The summed E-state index contributed by atoms with van der Waals surface area (Å²) in [5.41, 5.74) is 6.12. The zero-order valence-corrected chi connectivity index (χ0v) is 9.27. The van der Waals surface area contributed by atoms with E-state index in [-0.39, 0.29) is 5.54 Å². The number of nitrogens with one attached hydrogen (secondary N) is 1. The third-order valence-corrected chi connectivity index (χ3v) is 2.81. The first-order valence-corrected chi connectivity index (χ1v) is 5.48.